The fourth-order valence-corrected chi connectivity index (χ4v) is 4.80. The van der Waals surface area contributed by atoms with Crippen LogP contribution in [-0.4, -0.2) is 67.7 Å². The van der Waals surface area contributed by atoms with Gasteiger partial charge in [-0.15, -0.1) is 0 Å². The molecule has 1 aliphatic rings. The molecule has 3 rings (SSSR count). The van der Waals surface area contributed by atoms with E-state index in [9.17, 15) is 18.0 Å². The summed E-state index contributed by atoms with van der Waals surface area (Å²) >= 11 is 0. The Bertz CT molecular complexity index is 931. The Morgan fingerprint density at radius 1 is 1.26 bits per heavy atom. The van der Waals surface area contributed by atoms with Crippen LogP contribution >= 0.6 is 0 Å². The smallest absolute Gasteiger partial charge is 0.270 e. The molecule has 144 valence electrons. The highest BCUT2D eigenvalue weighted by Gasteiger charge is 2.27. The van der Waals surface area contributed by atoms with Crippen molar-refractivity contribution in [2.45, 2.75) is 24.9 Å². The van der Waals surface area contributed by atoms with Crippen LogP contribution in [0.15, 0.2) is 36.4 Å². The molecule has 2 heterocycles. The molecule has 1 fully saturated rings. The van der Waals surface area contributed by atoms with Crippen molar-refractivity contribution in [3.63, 3.8) is 0 Å². The number of hydrogen-bond acceptors (Lipinski definition) is 6. The average molecular weight is 389 g/mol. The maximum atomic E-state index is 12.5. The molecule has 27 heavy (non-hydrogen) atoms. The van der Waals surface area contributed by atoms with E-state index >= 15 is 0 Å². The van der Waals surface area contributed by atoms with E-state index in [4.69, 9.17) is 0 Å². The number of nitrogens with zero attached hydrogens (tertiary/aromatic N) is 2. The number of rotatable bonds is 6. The molecule has 1 atom stereocenters. The minimum Gasteiger partial charge on any atom is -0.340 e. The Morgan fingerprint density at radius 2 is 1.96 bits per heavy atom. The second-order valence-electron chi connectivity index (χ2n) is 6.93. The first kappa shape index (κ1) is 19.4. The van der Waals surface area contributed by atoms with Crippen molar-refractivity contribution in [2.24, 2.45) is 0 Å². The monoisotopic (exact) mass is 389 g/mol. The Hall–Kier alpha value is -2.32. The Morgan fingerprint density at radius 3 is 2.67 bits per heavy atom. The van der Waals surface area contributed by atoms with E-state index in [2.05, 4.69) is 10.3 Å². The number of carbonyl (C=O) groups excluding carboxylic acids is 2. The number of aromatic nitrogens is 1. The zero-order chi connectivity index (χ0) is 19.4. The van der Waals surface area contributed by atoms with Crippen LogP contribution in [0.1, 0.15) is 23.3 Å². The van der Waals surface area contributed by atoms with E-state index in [1.165, 1.54) is 0 Å². The lowest BCUT2D eigenvalue weighted by atomic mass is 10.1. The second-order valence-corrected chi connectivity index (χ2v) is 9.23. The maximum Gasteiger partial charge on any atom is 0.270 e. The summed E-state index contributed by atoms with van der Waals surface area (Å²) in [6.07, 6.45) is 1.80. The van der Waals surface area contributed by atoms with Crippen molar-refractivity contribution in [1.29, 1.82) is 0 Å². The molecule has 7 nitrogen and oxygen atoms in total. The number of fused-ring (bicyclic) bond motifs is 1. The zero-order valence-corrected chi connectivity index (χ0v) is 16.0. The summed E-state index contributed by atoms with van der Waals surface area (Å²) < 4.78 is 23.1. The first-order chi connectivity index (χ1) is 12.9. The molecule has 1 aliphatic heterocycles. The van der Waals surface area contributed by atoms with E-state index in [-0.39, 0.29) is 23.2 Å². The molecule has 2 aromatic rings. The molecule has 1 amide bonds. The molecule has 1 unspecified atom stereocenters. The molecule has 0 spiro atoms. The molecule has 1 aromatic carbocycles. The lowest BCUT2D eigenvalue weighted by Gasteiger charge is -2.32. The largest absolute Gasteiger partial charge is 0.340 e. The zero-order valence-electron chi connectivity index (χ0n) is 15.2. The van der Waals surface area contributed by atoms with Gasteiger partial charge in [-0.2, -0.15) is 0 Å². The molecule has 0 radical (unpaired) electrons. The first-order valence-corrected chi connectivity index (χ1v) is 10.7. The fourth-order valence-electron chi connectivity index (χ4n) is 3.34. The third-order valence-electron chi connectivity index (χ3n) is 4.94. The third kappa shape index (κ3) is 4.90. The Labute approximate surface area is 158 Å². The number of nitrogens with one attached hydrogen (secondary N) is 1. The highest BCUT2D eigenvalue weighted by Crippen LogP contribution is 2.17. The van der Waals surface area contributed by atoms with Crippen LogP contribution in [0.5, 0.6) is 0 Å². The number of benzene rings is 1. The Kier molecular flexibility index (Phi) is 5.86. The van der Waals surface area contributed by atoms with Gasteiger partial charge in [0.1, 0.15) is 21.8 Å². The number of aldehydes is 1. The molecular weight excluding hydrogens is 366 g/mol. The number of para-hydroxylation sites is 1. The summed E-state index contributed by atoms with van der Waals surface area (Å²) in [5, 5.41) is 3.64. The molecular formula is C19H23N3O4S. The topological polar surface area (TPSA) is 96.4 Å². The van der Waals surface area contributed by atoms with Gasteiger partial charge in [0, 0.05) is 18.0 Å². The summed E-state index contributed by atoms with van der Waals surface area (Å²) in [5.41, 5.74) is 0.972. The Balaban J connectivity index is 1.61. The van der Waals surface area contributed by atoms with Gasteiger partial charge in [-0.25, -0.2) is 13.4 Å². The summed E-state index contributed by atoms with van der Waals surface area (Å²) in [7, 11) is -1.08. The van der Waals surface area contributed by atoms with Crippen LogP contribution in [0.2, 0.25) is 0 Å². The van der Waals surface area contributed by atoms with E-state index in [0.29, 0.717) is 31.2 Å². The lowest BCUT2D eigenvalue weighted by Crippen LogP contribution is -2.48. The standard InChI is InChI=1S/C19H23N3O4S/c1-22(16-8-10-27(25,26)11-9-16)12-15(13-23)20-19(24)18-7-6-14-4-2-3-5-17(14)21-18/h2-7,13,15-16H,8-12H2,1H3,(H,20,24). The lowest BCUT2D eigenvalue weighted by molar-refractivity contribution is -0.109. The van der Waals surface area contributed by atoms with E-state index in [0.717, 1.165) is 5.39 Å². The maximum absolute atomic E-state index is 12.5. The molecule has 0 bridgehead atoms. The second kappa shape index (κ2) is 8.14. The predicted molar refractivity (Wildman–Crippen MR) is 103 cm³/mol. The van der Waals surface area contributed by atoms with Crippen molar-refractivity contribution in [2.75, 3.05) is 25.1 Å². The predicted octanol–water partition coefficient (Wildman–Crippen LogP) is 1.04. The summed E-state index contributed by atoms with van der Waals surface area (Å²) in [4.78, 5) is 30.2. The van der Waals surface area contributed by atoms with Gasteiger partial charge < -0.3 is 15.0 Å². The number of pyridine rings is 1. The molecule has 0 aliphatic carbocycles. The SMILES string of the molecule is CN(CC(C=O)NC(=O)c1ccc2ccccc2n1)C1CCS(=O)(=O)CC1. The summed E-state index contributed by atoms with van der Waals surface area (Å²) in [5.74, 6) is -0.0695. The van der Waals surface area contributed by atoms with Gasteiger partial charge >= 0.3 is 0 Å². The van der Waals surface area contributed by atoms with Crippen LogP contribution in [-0.2, 0) is 14.6 Å². The average Bonchev–Trinajstić information content (AvgIpc) is 2.66. The van der Waals surface area contributed by atoms with Crippen molar-refractivity contribution in [3.8, 4) is 0 Å². The fraction of sp³-hybridized carbons (Fsp3) is 0.421. The number of hydrogen-bond donors (Lipinski definition) is 1. The van der Waals surface area contributed by atoms with E-state index in [1.54, 1.807) is 6.07 Å². The minimum absolute atomic E-state index is 0.0895. The van der Waals surface area contributed by atoms with Crippen LogP contribution in [0.25, 0.3) is 10.9 Å². The molecule has 0 saturated carbocycles. The number of likely N-dealkylation sites (N-methyl/N-ethyl adjacent to an activating group) is 1. The minimum atomic E-state index is -2.93. The van der Waals surface area contributed by atoms with Crippen molar-refractivity contribution < 1.29 is 18.0 Å². The molecule has 1 saturated heterocycles. The quantitative estimate of drug-likeness (QED) is 0.742. The summed E-state index contributed by atoms with van der Waals surface area (Å²) in [6, 6.07) is 10.4. The van der Waals surface area contributed by atoms with Crippen LogP contribution < -0.4 is 5.32 Å². The number of sulfone groups is 1. The highest BCUT2D eigenvalue weighted by molar-refractivity contribution is 7.91. The summed E-state index contributed by atoms with van der Waals surface area (Å²) in [6.45, 7) is 0.327. The third-order valence-corrected chi connectivity index (χ3v) is 6.66. The van der Waals surface area contributed by atoms with Gasteiger partial charge in [0.05, 0.1) is 23.1 Å². The van der Waals surface area contributed by atoms with Crippen LogP contribution in [0, 0.1) is 0 Å². The molecule has 1 aromatic heterocycles. The van der Waals surface area contributed by atoms with E-state index < -0.39 is 21.8 Å². The number of amides is 1. The van der Waals surface area contributed by atoms with Gasteiger partial charge in [0.15, 0.2) is 0 Å². The van der Waals surface area contributed by atoms with E-state index in [1.807, 2.05) is 42.3 Å². The van der Waals surface area contributed by atoms with Gasteiger partial charge in [-0.1, -0.05) is 24.3 Å². The van der Waals surface area contributed by atoms with Gasteiger partial charge in [0.25, 0.3) is 5.91 Å². The normalized spacial score (nSPS) is 18.3. The molecule has 8 heteroatoms. The van der Waals surface area contributed by atoms with Crippen molar-refractivity contribution in [3.05, 3.63) is 42.1 Å². The first-order valence-electron chi connectivity index (χ1n) is 8.90. The van der Waals surface area contributed by atoms with Crippen LogP contribution in [0.4, 0.5) is 0 Å². The number of carbonyl (C=O) groups is 2. The van der Waals surface area contributed by atoms with Gasteiger partial charge in [0.2, 0.25) is 0 Å². The molecule has 1 N–H and O–H groups in total. The van der Waals surface area contributed by atoms with Crippen molar-refractivity contribution >= 4 is 32.9 Å². The highest BCUT2D eigenvalue weighted by atomic mass is 32.2. The van der Waals surface area contributed by atoms with Gasteiger partial charge in [-0.3, -0.25) is 4.79 Å². The van der Waals surface area contributed by atoms with Crippen molar-refractivity contribution in [1.82, 2.24) is 15.2 Å². The van der Waals surface area contributed by atoms with Gasteiger partial charge in [-0.05, 0) is 32.0 Å². The van der Waals surface area contributed by atoms with Crippen LogP contribution in [0.3, 0.4) is 0 Å².